The summed E-state index contributed by atoms with van der Waals surface area (Å²) < 4.78 is 5.47. The molecule has 0 heterocycles. The van der Waals surface area contributed by atoms with Gasteiger partial charge in [0.2, 0.25) is 5.91 Å². The predicted molar refractivity (Wildman–Crippen MR) is 255 cm³/mol. The van der Waals surface area contributed by atoms with Gasteiger partial charge in [-0.3, -0.25) is 9.59 Å². The van der Waals surface area contributed by atoms with Crippen molar-refractivity contribution in [2.45, 2.75) is 289 Å². The molecular formula is C53H101NO5. The quantitative estimate of drug-likeness (QED) is 0.0322. The van der Waals surface area contributed by atoms with Crippen LogP contribution >= 0.6 is 0 Å². The minimum absolute atomic E-state index is 0.0102. The van der Waals surface area contributed by atoms with Gasteiger partial charge in [0.15, 0.2) is 0 Å². The molecule has 0 aromatic rings. The maximum absolute atomic E-state index is 12.4. The number of nitrogens with one attached hydrogen (secondary N) is 1. The zero-order valence-corrected chi connectivity index (χ0v) is 39.5. The minimum atomic E-state index is -0.851. The summed E-state index contributed by atoms with van der Waals surface area (Å²) in [5, 5.41) is 23.0. The number of hydrogen-bond acceptors (Lipinski definition) is 5. The normalized spacial score (nSPS) is 12.8. The van der Waals surface area contributed by atoms with Gasteiger partial charge in [0, 0.05) is 12.8 Å². The van der Waals surface area contributed by atoms with Gasteiger partial charge in [-0.2, -0.15) is 0 Å². The minimum Gasteiger partial charge on any atom is -0.466 e. The Kier molecular flexibility index (Phi) is 47.6. The Labute approximate surface area is 367 Å². The summed E-state index contributed by atoms with van der Waals surface area (Å²) in [6, 6.07) is -0.636. The van der Waals surface area contributed by atoms with Gasteiger partial charge in [-0.1, -0.05) is 231 Å². The molecule has 0 aliphatic carbocycles. The highest BCUT2D eigenvalue weighted by Gasteiger charge is 2.18. The summed E-state index contributed by atoms with van der Waals surface area (Å²) in [6.45, 7) is 4.86. The molecule has 59 heavy (non-hydrogen) atoms. The van der Waals surface area contributed by atoms with Crippen LogP contribution in [0.2, 0.25) is 0 Å². The van der Waals surface area contributed by atoms with Crippen molar-refractivity contribution >= 4 is 11.9 Å². The molecule has 6 nitrogen and oxygen atoms in total. The van der Waals surface area contributed by atoms with E-state index in [0.29, 0.717) is 19.4 Å². The zero-order chi connectivity index (χ0) is 43.0. The number of ether oxygens (including phenoxy) is 1. The highest BCUT2D eigenvalue weighted by Crippen LogP contribution is 2.15. The summed E-state index contributed by atoms with van der Waals surface area (Å²) >= 11 is 0. The third kappa shape index (κ3) is 45.7. The lowest BCUT2D eigenvalue weighted by molar-refractivity contribution is -0.143. The average Bonchev–Trinajstić information content (AvgIpc) is 3.24. The fraction of sp³-hybridized carbons (Fsp3) is 0.887. The molecule has 0 fully saturated rings. The Balaban J connectivity index is 3.45. The van der Waals surface area contributed by atoms with Crippen LogP contribution in [0.25, 0.3) is 0 Å². The van der Waals surface area contributed by atoms with Crippen molar-refractivity contribution in [3.63, 3.8) is 0 Å². The van der Waals surface area contributed by atoms with E-state index in [2.05, 4.69) is 31.3 Å². The predicted octanol–water partition coefficient (Wildman–Crippen LogP) is 15.5. The van der Waals surface area contributed by atoms with E-state index in [4.69, 9.17) is 4.74 Å². The molecule has 348 valence electrons. The first-order valence-electron chi connectivity index (χ1n) is 26.1. The van der Waals surface area contributed by atoms with Gasteiger partial charge in [0.05, 0.1) is 25.4 Å². The standard InChI is InChI=1S/C53H101NO5/c1-3-5-7-9-11-13-15-16-17-18-19-20-23-27-31-35-39-43-47-53(58)59-48-44-40-36-32-28-24-21-22-26-30-34-38-42-46-52(57)54-50(49-55)51(56)45-41-37-33-29-25-14-12-10-8-6-4-2/h17-18,41,45,50-51,55-56H,3-16,19-40,42-44,46-49H2,1-2H3,(H,54,57)/b18-17-,45-41+. The molecule has 0 rings (SSSR count). The SMILES string of the molecule is CCCCCCCCC/C=C\CCCCCCCCCC(=O)OCCCCCCCCCCCCCCCC(=O)NC(CO)C(O)/C=C/CCCCCCCCCCC. The van der Waals surface area contributed by atoms with Gasteiger partial charge in [-0.15, -0.1) is 0 Å². The van der Waals surface area contributed by atoms with E-state index in [-0.39, 0.29) is 18.5 Å². The second-order valence-electron chi connectivity index (χ2n) is 17.9. The molecule has 0 spiro atoms. The second kappa shape index (κ2) is 49.0. The zero-order valence-electron chi connectivity index (χ0n) is 39.5. The topological polar surface area (TPSA) is 95.9 Å². The van der Waals surface area contributed by atoms with Crippen LogP contribution in [0.4, 0.5) is 0 Å². The summed E-state index contributed by atoms with van der Waals surface area (Å²) in [5.74, 6) is -0.0925. The first-order valence-corrected chi connectivity index (χ1v) is 26.1. The monoisotopic (exact) mass is 832 g/mol. The van der Waals surface area contributed by atoms with E-state index in [0.717, 1.165) is 57.8 Å². The van der Waals surface area contributed by atoms with E-state index in [9.17, 15) is 19.8 Å². The maximum atomic E-state index is 12.4. The molecule has 2 unspecified atom stereocenters. The van der Waals surface area contributed by atoms with Crippen molar-refractivity contribution in [3.8, 4) is 0 Å². The molecule has 0 bridgehead atoms. The molecule has 0 aliphatic rings. The van der Waals surface area contributed by atoms with Crippen molar-refractivity contribution in [1.29, 1.82) is 0 Å². The molecule has 0 saturated heterocycles. The molecule has 2 atom stereocenters. The molecule has 6 heteroatoms. The van der Waals surface area contributed by atoms with Crippen LogP contribution in [0.15, 0.2) is 24.3 Å². The van der Waals surface area contributed by atoms with Crippen LogP contribution < -0.4 is 5.32 Å². The van der Waals surface area contributed by atoms with Crippen molar-refractivity contribution in [2.75, 3.05) is 13.2 Å². The Morgan fingerprint density at radius 3 is 1.20 bits per heavy atom. The lowest BCUT2D eigenvalue weighted by Crippen LogP contribution is -2.45. The van der Waals surface area contributed by atoms with Gasteiger partial charge in [0.25, 0.3) is 0 Å². The fourth-order valence-electron chi connectivity index (χ4n) is 7.92. The van der Waals surface area contributed by atoms with Gasteiger partial charge in [0.1, 0.15) is 0 Å². The van der Waals surface area contributed by atoms with E-state index >= 15 is 0 Å². The lowest BCUT2D eigenvalue weighted by atomic mass is 10.0. The lowest BCUT2D eigenvalue weighted by Gasteiger charge is -2.20. The van der Waals surface area contributed by atoms with E-state index in [1.807, 2.05) is 6.08 Å². The Hall–Kier alpha value is -1.66. The van der Waals surface area contributed by atoms with E-state index in [1.54, 1.807) is 6.08 Å². The third-order valence-corrected chi connectivity index (χ3v) is 12.0. The van der Waals surface area contributed by atoms with Crippen molar-refractivity contribution in [3.05, 3.63) is 24.3 Å². The summed E-state index contributed by atoms with van der Waals surface area (Å²) in [7, 11) is 0. The smallest absolute Gasteiger partial charge is 0.305 e. The van der Waals surface area contributed by atoms with Crippen LogP contribution in [0.1, 0.15) is 277 Å². The molecule has 0 aliphatic heterocycles. The Morgan fingerprint density at radius 2 is 0.797 bits per heavy atom. The third-order valence-electron chi connectivity index (χ3n) is 12.0. The first kappa shape index (κ1) is 57.3. The van der Waals surface area contributed by atoms with Gasteiger partial charge >= 0.3 is 5.97 Å². The summed E-state index contributed by atoms with van der Waals surface area (Å²) in [4.78, 5) is 24.4. The number of rotatable bonds is 48. The Morgan fingerprint density at radius 1 is 0.458 bits per heavy atom. The largest absolute Gasteiger partial charge is 0.466 e. The Bertz CT molecular complexity index is 920. The highest BCUT2D eigenvalue weighted by molar-refractivity contribution is 5.76. The summed E-state index contributed by atoms with van der Waals surface area (Å²) in [5.41, 5.74) is 0. The van der Waals surface area contributed by atoms with Gasteiger partial charge in [-0.25, -0.2) is 0 Å². The first-order chi connectivity index (χ1) is 29.0. The molecular weight excluding hydrogens is 731 g/mol. The number of aliphatic hydroxyl groups is 2. The van der Waals surface area contributed by atoms with E-state index < -0.39 is 12.1 Å². The van der Waals surface area contributed by atoms with Gasteiger partial charge in [-0.05, 0) is 57.8 Å². The van der Waals surface area contributed by atoms with Crippen molar-refractivity contribution in [1.82, 2.24) is 5.32 Å². The molecule has 1 amide bonds. The number of hydrogen-bond donors (Lipinski definition) is 3. The molecule has 0 saturated carbocycles. The molecule has 3 N–H and O–H groups in total. The average molecular weight is 832 g/mol. The molecule has 0 radical (unpaired) electrons. The van der Waals surface area contributed by atoms with Crippen molar-refractivity contribution < 1.29 is 24.5 Å². The number of allylic oxidation sites excluding steroid dienone is 3. The number of carbonyl (C=O) groups excluding carboxylic acids is 2. The number of unbranched alkanes of at least 4 members (excludes halogenated alkanes) is 35. The van der Waals surface area contributed by atoms with Crippen LogP contribution in [-0.4, -0.2) is 47.4 Å². The maximum Gasteiger partial charge on any atom is 0.305 e. The van der Waals surface area contributed by atoms with Crippen LogP contribution in [-0.2, 0) is 14.3 Å². The molecule has 0 aromatic carbocycles. The number of amides is 1. The van der Waals surface area contributed by atoms with Crippen molar-refractivity contribution in [2.24, 2.45) is 0 Å². The van der Waals surface area contributed by atoms with E-state index in [1.165, 1.54) is 193 Å². The fourth-order valence-corrected chi connectivity index (χ4v) is 7.92. The number of carbonyl (C=O) groups is 2. The number of esters is 1. The number of aliphatic hydroxyl groups excluding tert-OH is 2. The van der Waals surface area contributed by atoms with Crippen LogP contribution in [0.5, 0.6) is 0 Å². The highest BCUT2D eigenvalue weighted by atomic mass is 16.5. The second-order valence-corrected chi connectivity index (χ2v) is 17.9. The summed E-state index contributed by atoms with van der Waals surface area (Å²) in [6.07, 6.45) is 57.5. The molecule has 0 aromatic heterocycles. The van der Waals surface area contributed by atoms with Crippen LogP contribution in [0.3, 0.4) is 0 Å². The van der Waals surface area contributed by atoms with Crippen LogP contribution in [0, 0.1) is 0 Å². The van der Waals surface area contributed by atoms with Gasteiger partial charge < -0.3 is 20.3 Å².